The molecule has 1 fully saturated rings. The molecule has 2 aliphatic rings. The first-order chi connectivity index (χ1) is 10.1. The third-order valence-corrected chi connectivity index (χ3v) is 3.74. The van der Waals surface area contributed by atoms with Crippen LogP contribution < -0.4 is 15.4 Å². The van der Waals surface area contributed by atoms with Gasteiger partial charge in [0.2, 0.25) is 0 Å². The molecule has 0 aromatic heterocycles. The number of hydrogen-bond donors (Lipinski definition) is 2. The molecule has 1 aromatic rings. The van der Waals surface area contributed by atoms with Crippen LogP contribution in [0, 0.1) is 0 Å². The van der Waals surface area contributed by atoms with Gasteiger partial charge in [-0.05, 0) is 31.9 Å². The number of ether oxygens (including phenoxy) is 2. The molecule has 2 N–H and O–H groups in total. The second kappa shape index (κ2) is 5.73. The Hall–Kier alpha value is -2.08. The monoisotopic (exact) mass is 290 g/mol. The number of amides is 2. The van der Waals surface area contributed by atoms with Crippen LogP contribution in [0.15, 0.2) is 18.2 Å². The Morgan fingerprint density at radius 2 is 2.10 bits per heavy atom. The van der Waals surface area contributed by atoms with Crippen LogP contribution in [0.3, 0.4) is 0 Å². The highest BCUT2D eigenvalue weighted by Gasteiger charge is 2.28. The highest BCUT2D eigenvalue weighted by atomic mass is 16.5. The third kappa shape index (κ3) is 2.85. The van der Waals surface area contributed by atoms with Gasteiger partial charge in [-0.15, -0.1) is 0 Å². The second-order valence-electron chi connectivity index (χ2n) is 5.29. The standard InChI is InChI=1S/C15H18N2O4/c1-9-14(18)17-12-4-2-3-11(13(12)21-9)15(19)16-10-5-7-20-8-6-10/h2-4,9-10H,5-8H2,1H3,(H,16,19)(H,17,18). The summed E-state index contributed by atoms with van der Waals surface area (Å²) in [4.78, 5) is 24.0. The minimum atomic E-state index is -0.602. The van der Waals surface area contributed by atoms with E-state index < -0.39 is 6.10 Å². The number of hydrogen-bond acceptors (Lipinski definition) is 4. The van der Waals surface area contributed by atoms with Crippen molar-refractivity contribution in [3.05, 3.63) is 23.8 Å². The largest absolute Gasteiger partial charge is 0.478 e. The molecule has 21 heavy (non-hydrogen) atoms. The molecule has 0 radical (unpaired) electrons. The van der Waals surface area contributed by atoms with Crippen LogP contribution in [0.4, 0.5) is 5.69 Å². The second-order valence-corrected chi connectivity index (χ2v) is 5.29. The van der Waals surface area contributed by atoms with Crippen LogP contribution in [-0.4, -0.2) is 37.2 Å². The van der Waals surface area contributed by atoms with E-state index in [0.717, 1.165) is 12.8 Å². The Labute approximate surface area is 122 Å². The van der Waals surface area contributed by atoms with E-state index in [-0.39, 0.29) is 17.9 Å². The number of para-hydroxylation sites is 1. The highest BCUT2D eigenvalue weighted by Crippen LogP contribution is 2.33. The van der Waals surface area contributed by atoms with Crippen molar-refractivity contribution in [2.24, 2.45) is 0 Å². The molecule has 1 aromatic carbocycles. The van der Waals surface area contributed by atoms with Crippen molar-refractivity contribution in [1.29, 1.82) is 0 Å². The molecule has 0 bridgehead atoms. The number of benzene rings is 1. The van der Waals surface area contributed by atoms with E-state index in [2.05, 4.69) is 10.6 Å². The van der Waals surface area contributed by atoms with Gasteiger partial charge in [-0.25, -0.2) is 0 Å². The Bertz CT molecular complexity index is 567. The summed E-state index contributed by atoms with van der Waals surface area (Å²) in [6.45, 7) is 2.99. The summed E-state index contributed by atoms with van der Waals surface area (Å²) in [6, 6.07) is 5.29. The number of carbonyl (C=O) groups excluding carboxylic acids is 2. The average Bonchev–Trinajstić information content (AvgIpc) is 2.49. The summed E-state index contributed by atoms with van der Waals surface area (Å²) in [5.74, 6) is 0.0562. The van der Waals surface area contributed by atoms with E-state index in [1.54, 1.807) is 25.1 Å². The van der Waals surface area contributed by atoms with Crippen molar-refractivity contribution >= 4 is 17.5 Å². The SMILES string of the molecule is CC1Oc2c(cccc2C(=O)NC2CCOCC2)NC1=O. The fraction of sp³-hybridized carbons (Fsp3) is 0.467. The van der Waals surface area contributed by atoms with E-state index in [1.165, 1.54) is 0 Å². The van der Waals surface area contributed by atoms with Crippen LogP contribution in [-0.2, 0) is 9.53 Å². The molecule has 0 aliphatic carbocycles. The van der Waals surface area contributed by atoms with E-state index in [0.29, 0.717) is 30.2 Å². The number of rotatable bonds is 2. The molecule has 112 valence electrons. The Morgan fingerprint density at radius 3 is 2.86 bits per heavy atom. The molecule has 1 unspecified atom stereocenters. The molecular weight excluding hydrogens is 272 g/mol. The first kappa shape index (κ1) is 13.9. The van der Waals surface area contributed by atoms with Crippen molar-refractivity contribution < 1.29 is 19.1 Å². The minimum Gasteiger partial charge on any atom is -0.478 e. The van der Waals surface area contributed by atoms with Gasteiger partial charge in [0.1, 0.15) is 0 Å². The van der Waals surface area contributed by atoms with Crippen LogP contribution in [0.1, 0.15) is 30.1 Å². The maximum Gasteiger partial charge on any atom is 0.265 e. The lowest BCUT2D eigenvalue weighted by atomic mass is 10.1. The van der Waals surface area contributed by atoms with Crippen molar-refractivity contribution in [3.8, 4) is 5.75 Å². The minimum absolute atomic E-state index is 0.123. The van der Waals surface area contributed by atoms with Gasteiger partial charge in [-0.3, -0.25) is 9.59 Å². The molecular formula is C15H18N2O4. The maximum absolute atomic E-state index is 12.4. The lowest BCUT2D eigenvalue weighted by Gasteiger charge is -2.27. The smallest absolute Gasteiger partial charge is 0.265 e. The van der Waals surface area contributed by atoms with Crippen LogP contribution in [0.25, 0.3) is 0 Å². The summed E-state index contributed by atoms with van der Waals surface area (Å²) in [5, 5.41) is 5.74. The average molecular weight is 290 g/mol. The molecule has 2 heterocycles. The van der Waals surface area contributed by atoms with E-state index >= 15 is 0 Å². The Balaban J connectivity index is 1.80. The highest BCUT2D eigenvalue weighted by molar-refractivity contribution is 6.04. The third-order valence-electron chi connectivity index (χ3n) is 3.74. The van der Waals surface area contributed by atoms with E-state index in [4.69, 9.17) is 9.47 Å². The van der Waals surface area contributed by atoms with Gasteiger partial charge in [0.05, 0.1) is 11.3 Å². The Morgan fingerprint density at radius 1 is 1.33 bits per heavy atom. The maximum atomic E-state index is 12.4. The van der Waals surface area contributed by atoms with Crippen molar-refractivity contribution in [1.82, 2.24) is 5.32 Å². The summed E-state index contributed by atoms with van der Waals surface area (Å²) in [5.41, 5.74) is 0.989. The first-order valence-corrected chi connectivity index (χ1v) is 7.14. The fourth-order valence-electron chi connectivity index (χ4n) is 2.51. The predicted octanol–water partition coefficient (Wildman–Crippen LogP) is 1.31. The molecule has 1 atom stereocenters. The lowest BCUT2D eigenvalue weighted by Crippen LogP contribution is -2.40. The fourth-order valence-corrected chi connectivity index (χ4v) is 2.51. The molecule has 2 amide bonds. The topological polar surface area (TPSA) is 76.7 Å². The van der Waals surface area contributed by atoms with E-state index in [9.17, 15) is 9.59 Å². The normalized spacial score (nSPS) is 22.0. The van der Waals surface area contributed by atoms with Gasteiger partial charge in [-0.2, -0.15) is 0 Å². The number of carbonyl (C=O) groups is 2. The zero-order valence-electron chi connectivity index (χ0n) is 11.8. The quantitative estimate of drug-likeness (QED) is 0.861. The molecule has 0 saturated carbocycles. The van der Waals surface area contributed by atoms with Crippen LogP contribution in [0.5, 0.6) is 5.75 Å². The molecule has 6 nitrogen and oxygen atoms in total. The zero-order valence-corrected chi connectivity index (χ0v) is 11.8. The van der Waals surface area contributed by atoms with Crippen molar-refractivity contribution in [2.45, 2.75) is 31.9 Å². The van der Waals surface area contributed by atoms with Gasteiger partial charge in [0.25, 0.3) is 11.8 Å². The number of nitrogens with one attached hydrogen (secondary N) is 2. The van der Waals surface area contributed by atoms with Gasteiger partial charge in [0.15, 0.2) is 11.9 Å². The van der Waals surface area contributed by atoms with Crippen molar-refractivity contribution in [3.63, 3.8) is 0 Å². The van der Waals surface area contributed by atoms with Crippen LogP contribution >= 0.6 is 0 Å². The van der Waals surface area contributed by atoms with Gasteiger partial charge < -0.3 is 20.1 Å². The van der Waals surface area contributed by atoms with Gasteiger partial charge in [-0.1, -0.05) is 6.07 Å². The molecule has 3 rings (SSSR count). The van der Waals surface area contributed by atoms with Gasteiger partial charge in [0, 0.05) is 19.3 Å². The van der Waals surface area contributed by atoms with Gasteiger partial charge >= 0.3 is 0 Å². The summed E-state index contributed by atoms with van der Waals surface area (Å²) >= 11 is 0. The summed E-state index contributed by atoms with van der Waals surface area (Å²) in [6.07, 6.45) is 1.03. The molecule has 6 heteroatoms. The van der Waals surface area contributed by atoms with Crippen molar-refractivity contribution in [2.75, 3.05) is 18.5 Å². The predicted molar refractivity (Wildman–Crippen MR) is 76.5 cm³/mol. The molecule has 0 spiro atoms. The first-order valence-electron chi connectivity index (χ1n) is 7.14. The number of fused-ring (bicyclic) bond motifs is 1. The zero-order chi connectivity index (χ0) is 14.8. The number of anilines is 1. The summed E-state index contributed by atoms with van der Waals surface area (Å²) < 4.78 is 10.9. The molecule has 2 aliphatic heterocycles. The van der Waals surface area contributed by atoms with E-state index in [1.807, 2.05) is 0 Å². The van der Waals surface area contributed by atoms with Crippen LogP contribution in [0.2, 0.25) is 0 Å². The molecule has 1 saturated heterocycles. The summed E-state index contributed by atoms with van der Waals surface area (Å²) in [7, 11) is 0. The Kier molecular flexibility index (Phi) is 3.79. The lowest BCUT2D eigenvalue weighted by molar-refractivity contribution is -0.122.